The molecule has 0 bridgehead atoms. The Morgan fingerprint density at radius 2 is 1.72 bits per heavy atom. The maximum absolute atomic E-state index is 13.4. The first-order valence-corrected chi connectivity index (χ1v) is 9.38. The summed E-state index contributed by atoms with van der Waals surface area (Å²) >= 11 is 0. The Balaban J connectivity index is 1.65. The number of ether oxygens (including phenoxy) is 1. The molecule has 1 unspecified atom stereocenters. The third kappa shape index (κ3) is 2.40. The number of esters is 1. The van der Waals surface area contributed by atoms with Crippen LogP contribution in [0.4, 0.5) is 10.1 Å². The second-order valence-electron chi connectivity index (χ2n) is 7.48. The number of fused-ring (bicyclic) bond motifs is 5. The molecular formula is C22H18FN2O4+. The molecule has 6 nitrogen and oxygen atoms in total. The number of hydrogen-bond acceptors (Lipinski definition) is 4. The molecule has 0 spiro atoms. The van der Waals surface area contributed by atoms with E-state index in [2.05, 4.69) is 0 Å². The van der Waals surface area contributed by atoms with E-state index in [0.717, 1.165) is 20.9 Å². The number of hydrogen-bond donors (Lipinski definition) is 1. The van der Waals surface area contributed by atoms with Gasteiger partial charge in [0.2, 0.25) is 17.9 Å². The van der Waals surface area contributed by atoms with E-state index in [-0.39, 0.29) is 11.9 Å². The number of rotatable bonds is 2. The van der Waals surface area contributed by atoms with Crippen LogP contribution in [0, 0.1) is 17.7 Å². The smallest absolute Gasteiger partial charge is 0.365 e. The standard InChI is InChI=1S/C22H17FN2O4/c1-29-22(28)19-17-16(18-15-5-3-2-4-12(15)10-11-24(18)19)20(26)25(21(17)27)14-8-6-13(23)7-9-14/h2-11,16-19H,1H3/p+1/t16-,17+,18+,19-/m0/s1. The molecule has 0 aromatic heterocycles. The third-order valence-corrected chi connectivity index (χ3v) is 6.16. The Morgan fingerprint density at radius 1 is 1.03 bits per heavy atom. The summed E-state index contributed by atoms with van der Waals surface area (Å²) in [4.78, 5) is 41.2. The highest BCUT2D eigenvalue weighted by molar-refractivity contribution is 6.23. The second kappa shape index (κ2) is 6.35. The Labute approximate surface area is 166 Å². The van der Waals surface area contributed by atoms with Crippen LogP contribution < -0.4 is 9.80 Å². The SMILES string of the molecule is COC(=O)[C@@H]1[C@@H]2C(=O)N(c3ccc(F)cc3)C(=O)[C@@H]2[C@H]2c3ccccc3C=C[NH+]12. The van der Waals surface area contributed by atoms with Crippen LogP contribution in [-0.4, -0.2) is 30.9 Å². The number of nitrogens with zero attached hydrogens (tertiary/aromatic N) is 1. The van der Waals surface area contributed by atoms with Crippen molar-refractivity contribution in [3.8, 4) is 0 Å². The molecule has 2 aromatic rings. The number of carbonyl (C=O) groups excluding carboxylic acids is 3. The first kappa shape index (κ1) is 17.8. The average molecular weight is 393 g/mol. The van der Waals surface area contributed by atoms with Gasteiger partial charge in [-0.2, -0.15) is 0 Å². The Kier molecular flexibility index (Phi) is 3.89. The van der Waals surface area contributed by atoms with Gasteiger partial charge in [0, 0.05) is 5.56 Å². The van der Waals surface area contributed by atoms with E-state index in [4.69, 9.17) is 4.74 Å². The molecule has 2 fully saturated rings. The number of methoxy groups -OCH3 is 1. The largest absolute Gasteiger partial charge is 0.465 e. The van der Waals surface area contributed by atoms with E-state index in [1.165, 1.54) is 31.4 Å². The van der Waals surface area contributed by atoms with E-state index in [1.807, 2.05) is 36.5 Å². The van der Waals surface area contributed by atoms with Crippen LogP contribution in [0.25, 0.3) is 6.08 Å². The summed E-state index contributed by atoms with van der Waals surface area (Å²) in [5, 5.41) is 0. The summed E-state index contributed by atoms with van der Waals surface area (Å²) in [6.07, 6.45) is 3.75. The number of benzene rings is 2. The number of amides is 2. The van der Waals surface area contributed by atoms with Gasteiger partial charge in [0.1, 0.15) is 23.7 Å². The predicted octanol–water partition coefficient (Wildman–Crippen LogP) is 1.10. The zero-order chi connectivity index (χ0) is 20.3. The fraction of sp³-hybridized carbons (Fsp3) is 0.227. The van der Waals surface area contributed by atoms with Crippen LogP contribution in [-0.2, 0) is 19.1 Å². The molecule has 7 heteroatoms. The summed E-state index contributed by atoms with van der Waals surface area (Å²) in [5.74, 6) is -3.33. The molecule has 2 aromatic carbocycles. The molecule has 5 rings (SSSR count). The average Bonchev–Trinajstić information content (AvgIpc) is 3.21. The van der Waals surface area contributed by atoms with Gasteiger partial charge in [0.15, 0.2) is 0 Å². The molecule has 0 radical (unpaired) electrons. The van der Waals surface area contributed by atoms with Gasteiger partial charge in [-0.05, 0) is 35.9 Å². The van der Waals surface area contributed by atoms with Crippen LogP contribution in [0.15, 0.2) is 54.7 Å². The molecule has 146 valence electrons. The lowest BCUT2D eigenvalue weighted by Crippen LogP contribution is -3.12. The Bertz CT molecular complexity index is 1060. The lowest BCUT2D eigenvalue weighted by Gasteiger charge is -2.30. The number of halogens is 1. The normalized spacial score (nSPS) is 29.4. The second-order valence-corrected chi connectivity index (χ2v) is 7.48. The molecule has 1 N–H and O–H groups in total. The fourth-order valence-electron chi connectivity index (χ4n) is 4.99. The van der Waals surface area contributed by atoms with Crippen molar-refractivity contribution in [2.75, 3.05) is 12.0 Å². The first-order valence-electron chi connectivity index (χ1n) is 9.38. The maximum atomic E-state index is 13.4. The van der Waals surface area contributed by atoms with Crippen molar-refractivity contribution in [3.05, 3.63) is 71.7 Å². The van der Waals surface area contributed by atoms with Crippen molar-refractivity contribution >= 4 is 29.5 Å². The topological polar surface area (TPSA) is 68.1 Å². The highest BCUT2D eigenvalue weighted by atomic mass is 19.1. The molecule has 3 aliphatic heterocycles. The summed E-state index contributed by atoms with van der Waals surface area (Å²) in [5.41, 5.74) is 2.19. The molecule has 2 amide bonds. The van der Waals surface area contributed by atoms with Crippen molar-refractivity contribution in [2.24, 2.45) is 11.8 Å². The first-order chi connectivity index (χ1) is 14.0. The predicted molar refractivity (Wildman–Crippen MR) is 101 cm³/mol. The van der Waals surface area contributed by atoms with Gasteiger partial charge in [0.25, 0.3) is 0 Å². The quantitative estimate of drug-likeness (QED) is 0.613. The van der Waals surface area contributed by atoms with Gasteiger partial charge < -0.3 is 4.74 Å². The van der Waals surface area contributed by atoms with Crippen molar-refractivity contribution in [2.45, 2.75) is 12.1 Å². The fourth-order valence-corrected chi connectivity index (χ4v) is 4.99. The van der Waals surface area contributed by atoms with E-state index in [1.54, 1.807) is 0 Å². The van der Waals surface area contributed by atoms with Crippen molar-refractivity contribution in [1.29, 1.82) is 0 Å². The molecule has 2 saturated heterocycles. The van der Waals surface area contributed by atoms with E-state index < -0.39 is 35.6 Å². The van der Waals surface area contributed by atoms with Crippen molar-refractivity contribution in [3.63, 3.8) is 0 Å². The van der Waals surface area contributed by atoms with Gasteiger partial charge in [-0.3, -0.25) is 14.5 Å². The van der Waals surface area contributed by atoms with Crippen LogP contribution in [0.5, 0.6) is 0 Å². The van der Waals surface area contributed by atoms with Crippen LogP contribution in [0.1, 0.15) is 17.2 Å². The maximum Gasteiger partial charge on any atom is 0.365 e. The molecule has 3 heterocycles. The highest BCUT2D eigenvalue weighted by Crippen LogP contribution is 2.44. The summed E-state index contributed by atoms with van der Waals surface area (Å²) in [7, 11) is 1.28. The van der Waals surface area contributed by atoms with Gasteiger partial charge in [-0.1, -0.05) is 24.3 Å². The number of carbonyl (C=O) groups is 3. The Hall–Kier alpha value is -3.32. The van der Waals surface area contributed by atoms with E-state index >= 15 is 0 Å². The number of nitrogens with one attached hydrogen (secondary N) is 1. The monoisotopic (exact) mass is 393 g/mol. The minimum atomic E-state index is -0.837. The van der Waals surface area contributed by atoms with Crippen LogP contribution in [0.2, 0.25) is 0 Å². The molecule has 29 heavy (non-hydrogen) atoms. The molecule has 5 atom stereocenters. The Morgan fingerprint density at radius 3 is 2.45 bits per heavy atom. The van der Waals surface area contributed by atoms with Crippen LogP contribution in [0.3, 0.4) is 0 Å². The van der Waals surface area contributed by atoms with E-state index in [0.29, 0.717) is 5.69 Å². The van der Waals surface area contributed by atoms with Gasteiger partial charge in [-0.15, -0.1) is 0 Å². The van der Waals surface area contributed by atoms with Crippen molar-refractivity contribution < 1.29 is 28.4 Å². The van der Waals surface area contributed by atoms with Gasteiger partial charge in [0.05, 0.1) is 19.0 Å². The minimum absolute atomic E-state index is 0.306. The van der Waals surface area contributed by atoms with E-state index in [9.17, 15) is 18.8 Å². The van der Waals surface area contributed by atoms with Crippen molar-refractivity contribution in [1.82, 2.24) is 0 Å². The lowest BCUT2D eigenvalue weighted by molar-refractivity contribution is -0.885. The summed E-state index contributed by atoms with van der Waals surface area (Å²) in [6, 6.07) is 11.7. The molecule has 0 aliphatic carbocycles. The number of anilines is 1. The van der Waals surface area contributed by atoms with Gasteiger partial charge >= 0.3 is 5.97 Å². The van der Waals surface area contributed by atoms with Crippen LogP contribution >= 0.6 is 0 Å². The summed E-state index contributed by atoms with van der Waals surface area (Å²) in [6.45, 7) is 0. The zero-order valence-corrected chi connectivity index (χ0v) is 15.5. The number of quaternary nitrogens is 1. The highest BCUT2D eigenvalue weighted by Gasteiger charge is 2.68. The number of imide groups is 1. The zero-order valence-electron chi connectivity index (χ0n) is 15.5. The molecule has 0 saturated carbocycles. The minimum Gasteiger partial charge on any atom is -0.465 e. The third-order valence-electron chi connectivity index (χ3n) is 6.16. The van der Waals surface area contributed by atoms with Gasteiger partial charge in [-0.25, -0.2) is 14.1 Å². The summed E-state index contributed by atoms with van der Waals surface area (Å²) < 4.78 is 18.3. The molecule has 3 aliphatic rings. The molecular weight excluding hydrogens is 375 g/mol. The lowest BCUT2D eigenvalue weighted by atomic mass is 9.84.